The van der Waals surface area contributed by atoms with Crippen LogP contribution in [-0.4, -0.2) is 26.1 Å². The van der Waals surface area contributed by atoms with Crippen LogP contribution in [0.25, 0.3) is 0 Å². The van der Waals surface area contributed by atoms with Gasteiger partial charge in [-0.15, -0.1) is 16.4 Å². The van der Waals surface area contributed by atoms with Gasteiger partial charge in [-0.3, -0.25) is 0 Å². The fourth-order valence-electron chi connectivity index (χ4n) is 1.36. The summed E-state index contributed by atoms with van der Waals surface area (Å²) in [6.07, 6.45) is -2.92. The summed E-state index contributed by atoms with van der Waals surface area (Å²) in [6.45, 7) is 0.0949. The Balaban J connectivity index is 2.37. The Morgan fingerprint density at radius 2 is 2.35 bits per heavy atom. The first-order chi connectivity index (χ1) is 8.09. The number of rotatable bonds is 4. The fourth-order valence-corrected chi connectivity index (χ4v) is 2.04. The van der Waals surface area contributed by atoms with E-state index in [-0.39, 0.29) is 6.54 Å². The molecule has 17 heavy (non-hydrogen) atoms. The molecule has 0 radical (unpaired) electrons. The molecule has 2 aromatic rings. The third-order valence-electron chi connectivity index (χ3n) is 2.07. The van der Waals surface area contributed by atoms with Gasteiger partial charge in [0.1, 0.15) is 5.69 Å². The predicted octanol–water partition coefficient (Wildman–Crippen LogP) is 2.02. The summed E-state index contributed by atoms with van der Waals surface area (Å²) >= 11 is 1.37. The summed E-state index contributed by atoms with van der Waals surface area (Å²) < 4.78 is 26.4. The van der Waals surface area contributed by atoms with Gasteiger partial charge in [0, 0.05) is 4.88 Å². The molecule has 0 aliphatic rings. The quantitative estimate of drug-likeness (QED) is 0.912. The molecule has 0 fully saturated rings. The maximum atomic E-state index is 12.7. The number of carboxylic acid groups (broad SMARTS) is 1. The Kier molecular flexibility index (Phi) is 3.14. The van der Waals surface area contributed by atoms with Gasteiger partial charge in [-0.05, 0) is 11.4 Å². The van der Waals surface area contributed by atoms with Gasteiger partial charge in [-0.2, -0.15) is 0 Å². The zero-order valence-corrected chi connectivity index (χ0v) is 9.19. The van der Waals surface area contributed by atoms with E-state index in [4.69, 9.17) is 5.11 Å². The number of carbonyl (C=O) groups is 1. The molecule has 0 saturated carbocycles. The minimum atomic E-state index is -2.92. The molecule has 0 unspecified atom stereocenters. The maximum absolute atomic E-state index is 12.7. The molecule has 90 valence electrons. The van der Waals surface area contributed by atoms with Crippen molar-refractivity contribution < 1.29 is 18.7 Å². The number of aromatic carboxylic acids is 1. The molecule has 0 aliphatic carbocycles. The molecule has 5 nitrogen and oxygen atoms in total. The highest BCUT2D eigenvalue weighted by Gasteiger charge is 2.26. The molecule has 2 rings (SSSR count). The van der Waals surface area contributed by atoms with Crippen LogP contribution >= 0.6 is 11.3 Å². The van der Waals surface area contributed by atoms with Crippen LogP contribution in [0.15, 0.2) is 17.5 Å². The Morgan fingerprint density at radius 3 is 2.88 bits per heavy atom. The highest BCUT2D eigenvalue weighted by molar-refractivity contribution is 7.09. The number of thiophene rings is 1. The van der Waals surface area contributed by atoms with E-state index >= 15 is 0 Å². The van der Waals surface area contributed by atoms with Crippen molar-refractivity contribution in [3.8, 4) is 0 Å². The van der Waals surface area contributed by atoms with Crippen molar-refractivity contribution in [2.24, 2.45) is 0 Å². The van der Waals surface area contributed by atoms with Crippen molar-refractivity contribution in [1.82, 2.24) is 15.0 Å². The maximum Gasteiger partial charge on any atom is 0.358 e. The van der Waals surface area contributed by atoms with Crippen molar-refractivity contribution in [2.75, 3.05) is 0 Å². The smallest absolute Gasteiger partial charge is 0.358 e. The second-order valence-electron chi connectivity index (χ2n) is 3.17. The molecule has 0 spiro atoms. The minimum Gasteiger partial charge on any atom is -0.476 e. The number of nitrogens with zero attached hydrogens (tertiary/aromatic N) is 3. The lowest BCUT2D eigenvalue weighted by molar-refractivity contribution is 0.0675. The number of carboxylic acids is 1. The van der Waals surface area contributed by atoms with Gasteiger partial charge in [0.2, 0.25) is 0 Å². The largest absolute Gasteiger partial charge is 0.476 e. The van der Waals surface area contributed by atoms with E-state index in [2.05, 4.69) is 10.3 Å². The Hall–Kier alpha value is -1.83. The van der Waals surface area contributed by atoms with Gasteiger partial charge in [-0.1, -0.05) is 11.3 Å². The molecule has 0 aliphatic heterocycles. The number of aromatic nitrogens is 3. The van der Waals surface area contributed by atoms with E-state index in [0.717, 1.165) is 9.56 Å². The van der Waals surface area contributed by atoms with Gasteiger partial charge in [0.15, 0.2) is 5.69 Å². The molecule has 0 saturated heterocycles. The molecular formula is C9H7F2N3O2S. The van der Waals surface area contributed by atoms with Gasteiger partial charge < -0.3 is 5.11 Å². The first-order valence-electron chi connectivity index (χ1n) is 4.57. The van der Waals surface area contributed by atoms with E-state index in [1.807, 2.05) is 0 Å². The molecule has 0 aromatic carbocycles. The van der Waals surface area contributed by atoms with Crippen LogP contribution in [0.4, 0.5) is 8.78 Å². The first kappa shape index (κ1) is 11.6. The monoisotopic (exact) mass is 259 g/mol. The van der Waals surface area contributed by atoms with Gasteiger partial charge in [0.25, 0.3) is 6.43 Å². The van der Waals surface area contributed by atoms with Gasteiger partial charge in [-0.25, -0.2) is 18.3 Å². The van der Waals surface area contributed by atoms with Crippen LogP contribution in [0.1, 0.15) is 27.5 Å². The number of hydrogen-bond donors (Lipinski definition) is 1. The summed E-state index contributed by atoms with van der Waals surface area (Å²) in [6, 6.07) is 3.53. The summed E-state index contributed by atoms with van der Waals surface area (Å²) in [5.74, 6) is -1.50. The number of hydrogen-bond acceptors (Lipinski definition) is 4. The molecule has 0 amide bonds. The van der Waals surface area contributed by atoms with E-state index in [9.17, 15) is 13.6 Å². The van der Waals surface area contributed by atoms with Crippen LogP contribution in [0, 0.1) is 0 Å². The lowest BCUT2D eigenvalue weighted by Gasteiger charge is -2.04. The Labute approximate surface area is 98.3 Å². The zero-order valence-electron chi connectivity index (χ0n) is 8.38. The van der Waals surface area contributed by atoms with Crippen molar-refractivity contribution in [3.05, 3.63) is 33.8 Å². The predicted molar refractivity (Wildman–Crippen MR) is 55.4 cm³/mol. The minimum absolute atomic E-state index is 0.0949. The summed E-state index contributed by atoms with van der Waals surface area (Å²) in [7, 11) is 0. The van der Waals surface area contributed by atoms with E-state index in [0.29, 0.717) is 0 Å². The van der Waals surface area contributed by atoms with Crippen molar-refractivity contribution in [2.45, 2.75) is 13.0 Å². The summed E-state index contributed by atoms with van der Waals surface area (Å²) in [4.78, 5) is 11.5. The van der Waals surface area contributed by atoms with Crippen LogP contribution in [-0.2, 0) is 6.54 Å². The SMILES string of the molecule is O=C(O)c1nnn(Cc2cccs2)c1C(F)F. The highest BCUT2D eigenvalue weighted by atomic mass is 32.1. The van der Waals surface area contributed by atoms with Crippen molar-refractivity contribution in [1.29, 1.82) is 0 Å². The summed E-state index contributed by atoms with van der Waals surface area (Å²) in [5.41, 5.74) is -1.36. The molecule has 0 atom stereocenters. The molecule has 2 aromatic heterocycles. The Bertz CT molecular complexity index is 524. The molecule has 0 bridgehead atoms. The zero-order chi connectivity index (χ0) is 12.4. The van der Waals surface area contributed by atoms with Crippen LogP contribution in [0.3, 0.4) is 0 Å². The van der Waals surface area contributed by atoms with Crippen LogP contribution in [0.2, 0.25) is 0 Å². The van der Waals surface area contributed by atoms with E-state index < -0.39 is 23.8 Å². The highest BCUT2D eigenvalue weighted by Crippen LogP contribution is 2.23. The topological polar surface area (TPSA) is 68.0 Å². The van der Waals surface area contributed by atoms with Crippen LogP contribution in [0.5, 0.6) is 0 Å². The van der Waals surface area contributed by atoms with Crippen molar-refractivity contribution >= 4 is 17.3 Å². The third-order valence-corrected chi connectivity index (χ3v) is 2.93. The van der Waals surface area contributed by atoms with Gasteiger partial charge >= 0.3 is 5.97 Å². The second-order valence-corrected chi connectivity index (χ2v) is 4.20. The lowest BCUT2D eigenvalue weighted by Crippen LogP contribution is -2.09. The van der Waals surface area contributed by atoms with Crippen molar-refractivity contribution in [3.63, 3.8) is 0 Å². The lowest BCUT2D eigenvalue weighted by atomic mass is 10.3. The standard InChI is InChI=1S/C9H7F2N3O2S/c10-8(11)7-6(9(15)16)12-13-14(7)4-5-2-1-3-17-5/h1-3,8H,4H2,(H,15,16). The second kappa shape index (κ2) is 4.58. The average molecular weight is 259 g/mol. The fraction of sp³-hybridized carbons (Fsp3) is 0.222. The normalized spacial score (nSPS) is 11.0. The first-order valence-corrected chi connectivity index (χ1v) is 5.44. The van der Waals surface area contributed by atoms with Crippen LogP contribution < -0.4 is 0 Å². The molecule has 8 heteroatoms. The number of halogens is 2. The third kappa shape index (κ3) is 2.31. The average Bonchev–Trinajstić information content (AvgIpc) is 2.86. The molecular weight excluding hydrogens is 252 g/mol. The van der Waals surface area contributed by atoms with Gasteiger partial charge in [0.05, 0.1) is 6.54 Å². The number of alkyl halides is 2. The summed E-state index contributed by atoms with van der Waals surface area (Å²) in [5, 5.41) is 17.2. The molecule has 1 N–H and O–H groups in total. The Morgan fingerprint density at radius 1 is 1.59 bits per heavy atom. The van der Waals surface area contributed by atoms with E-state index in [1.165, 1.54) is 11.3 Å². The molecule has 2 heterocycles. The van der Waals surface area contributed by atoms with E-state index in [1.54, 1.807) is 17.5 Å².